The third-order valence-electron chi connectivity index (χ3n) is 2.23. The van der Waals surface area contributed by atoms with Crippen LogP contribution in [0.15, 0.2) is 40.9 Å². The number of aryl methyl sites for hydroxylation is 1. The molecule has 0 aliphatic heterocycles. The van der Waals surface area contributed by atoms with Gasteiger partial charge in [0.25, 0.3) is 5.91 Å². The minimum Gasteiger partial charge on any atom is -0.452 e. The Hall–Kier alpha value is -2.63. The fourth-order valence-electron chi connectivity index (χ4n) is 1.38. The molecule has 0 spiro atoms. The highest BCUT2D eigenvalue weighted by atomic mass is 16.5. The first-order valence-electron chi connectivity index (χ1n) is 5.60. The van der Waals surface area contributed by atoms with Gasteiger partial charge in [-0.2, -0.15) is 0 Å². The predicted molar refractivity (Wildman–Crippen MR) is 66.6 cm³/mol. The number of ether oxygens (including phenoxy) is 1. The van der Waals surface area contributed by atoms with Crippen LogP contribution in [0.2, 0.25) is 0 Å². The fourth-order valence-corrected chi connectivity index (χ4v) is 1.38. The number of hydrogen-bond donors (Lipinski definition) is 1. The number of rotatable bonds is 4. The Bertz CT molecular complexity index is 577. The van der Waals surface area contributed by atoms with Crippen LogP contribution in [-0.2, 0) is 9.53 Å². The molecule has 6 heteroatoms. The molecule has 0 aliphatic rings. The molecule has 1 aromatic heterocycles. The maximum Gasteiger partial charge on any atom is 0.338 e. The number of benzene rings is 1. The van der Waals surface area contributed by atoms with Crippen molar-refractivity contribution in [2.75, 3.05) is 11.9 Å². The summed E-state index contributed by atoms with van der Waals surface area (Å²) in [5, 5.41) is 6.04. The number of nitrogens with one attached hydrogen (secondary N) is 1. The monoisotopic (exact) mass is 260 g/mol. The summed E-state index contributed by atoms with van der Waals surface area (Å²) in [4.78, 5) is 23.0. The van der Waals surface area contributed by atoms with Gasteiger partial charge in [-0.3, -0.25) is 10.1 Å². The van der Waals surface area contributed by atoms with E-state index in [4.69, 9.17) is 9.26 Å². The topological polar surface area (TPSA) is 81.4 Å². The molecule has 0 radical (unpaired) electrons. The SMILES string of the molecule is Cc1cc(NC(=O)COC(=O)c2ccccc2)on1. The molecule has 1 N–H and O–H groups in total. The Morgan fingerprint density at radius 2 is 2.05 bits per heavy atom. The van der Waals surface area contributed by atoms with Gasteiger partial charge >= 0.3 is 5.97 Å². The molecule has 0 unspecified atom stereocenters. The van der Waals surface area contributed by atoms with Gasteiger partial charge in [0.05, 0.1) is 11.3 Å². The van der Waals surface area contributed by atoms with Crippen molar-refractivity contribution in [3.8, 4) is 0 Å². The van der Waals surface area contributed by atoms with Gasteiger partial charge in [-0.05, 0) is 19.1 Å². The zero-order valence-corrected chi connectivity index (χ0v) is 10.3. The Morgan fingerprint density at radius 3 is 2.68 bits per heavy atom. The molecule has 98 valence electrons. The Kier molecular flexibility index (Phi) is 3.92. The molecule has 6 nitrogen and oxygen atoms in total. The average molecular weight is 260 g/mol. The largest absolute Gasteiger partial charge is 0.452 e. The van der Waals surface area contributed by atoms with E-state index >= 15 is 0 Å². The second-order valence-electron chi connectivity index (χ2n) is 3.82. The molecule has 2 rings (SSSR count). The van der Waals surface area contributed by atoms with Crippen LogP contribution in [0.3, 0.4) is 0 Å². The smallest absolute Gasteiger partial charge is 0.338 e. The van der Waals surface area contributed by atoms with Crippen molar-refractivity contribution in [1.82, 2.24) is 5.16 Å². The molecular weight excluding hydrogens is 248 g/mol. The molecule has 1 heterocycles. The lowest BCUT2D eigenvalue weighted by molar-refractivity contribution is -0.119. The lowest BCUT2D eigenvalue weighted by Crippen LogP contribution is -2.20. The van der Waals surface area contributed by atoms with E-state index in [2.05, 4.69) is 10.5 Å². The summed E-state index contributed by atoms with van der Waals surface area (Å²) in [6, 6.07) is 10.0. The van der Waals surface area contributed by atoms with Gasteiger partial charge < -0.3 is 9.26 Å². The molecule has 0 fully saturated rings. The van der Waals surface area contributed by atoms with Crippen LogP contribution in [0.5, 0.6) is 0 Å². The van der Waals surface area contributed by atoms with Crippen molar-refractivity contribution in [2.24, 2.45) is 0 Å². The molecule has 0 aliphatic carbocycles. The Morgan fingerprint density at radius 1 is 1.32 bits per heavy atom. The van der Waals surface area contributed by atoms with Gasteiger partial charge in [0, 0.05) is 6.07 Å². The number of carbonyl (C=O) groups excluding carboxylic acids is 2. The van der Waals surface area contributed by atoms with Crippen LogP contribution in [-0.4, -0.2) is 23.6 Å². The van der Waals surface area contributed by atoms with E-state index in [1.165, 1.54) is 0 Å². The first-order chi connectivity index (χ1) is 9.15. The number of amides is 1. The van der Waals surface area contributed by atoms with Gasteiger partial charge in [0.1, 0.15) is 0 Å². The van der Waals surface area contributed by atoms with Crippen molar-refractivity contribution >= 4 is 17.8 Å². The maximum absolute atomic E-state index is 11.6. The highest BCUT2D eigenvalue weighted by Crippen LogP contribution is 2.08. The lowest BCUT2D eigenvalue weighted by Gasteiger charge is -2.04. The van der Waals surface area contributed by atoms with E-state index in [-0.39, 0.29) is 12.5 Å². The summed E-state index contributed by atoms with van der Waals surface area (Å²) in [6.07, 6.45) is 0. The predicted octanol–water partition coefficient (Wildman–Crippen LogP) is 1.78. The highest BCUT2D eigenvalue weighted by Gasteiger charge is 2.11. The standard InChI is InChI=1S/C13H12N2O4/c1-9-7-12(19-15-9)14-11(16)8-18-13(17)10-5-3-2-4-6-10/h2-7H,8H2,1H3,(H,14,16). The second kappa shape index (κ2) is 5.81. The minimum atomic E-state index is -0.551. The van der Waals surface area contributed by atoms with E-state index in [0.29, 0.717) is 11.3 Å². The van der Waals surface area contributed by atoms with Crippen molar-refractivity contribution in [3.05, 3.63) is 47.7 Å². The van der Waals surface area contributed by atoms with E-state index in [1.54, 1.807) is 43.3 Å². The summed E-state index contributed by atoms with van der Waals surface area (Å²) < 4.78 is 9.66. The van der Waals surface area contributed by atoms with E-state index in [1.807, 2.05) is 0 Å². The fraction of sp³-hybridized carbons (Fsp3) is 0.154. The van der Waals surface area contributed by atoms with Crippen LogP contribution in [0.25, 0.3) is 0 Å². The van der Waals surface area contributed by atoms with Crippen LogP contribution in [0.1, 0.15) is 16.1 Å². The van der Waals surface area contributed by atoms with Gasteiger partial charge in [-0.15, -0.1) is 0 Å². The number of nitrogens with zero attached hydrogens (tertiary/aromatic N) is 1. The summed E-state index contributed by atoms with van der Waals surface area (Å²) in [6.45, 7) is 1.35. The quantitative estimate of drug-likeness (QED) is 0.847. The van der Waals surface area contributed by atoms with Gasteiger partial charge in [-0.1, -0.05) is 23.4 Å². The van der Waals surface area contributed by atoms with Crippen molar-refractivity contribution < 1.29 is 18.8 Å². The van der Waals surface area contributed by atoms with E-state index < -0.39 is 11.9 Å². The molecule has 0 saturated carbocycles. The normalized spacial score (nSPS) is 9.95. The molecule has 19 heavy (non-hydrogen) atoms. The van der Waals surface area contributed by atoms with Crippen LogP contribution in [0.4, 0.5) is 5.88 Å². The summed E-state index contributed by atoms with van der Waals surface area (Å²) in [7, 11) is 0. The van der Waals surface area contributed by atoms with Crippen LogP contribution in [0, 0.1) is 6.92 Å². The molecule has 1 amide bonds. The minimum absolute atomic E-state index is 0.221. The highest BCUT2D eigenvalue weighted by molar-refractivity contribution is 5.94. The van der Waals surface area contributed by atoms with E-state index in [9.17, 15) is 9.59 Å². The number of aromatic nitrogens is 1. The van der Waals surface area contributed by atoms with Crippen LogP contribution < -0.4 is 5.32 Å². The average Bonchev–Trinajstić information content (AvgIpc) is 2.82. The summed E-state index contributed by atoms with van der Waals surface area (Å²) in [5.74, 6) is -0.816. The molecule has 2 aromatic rings. The molecular formula is C13H12N2O4. The number of esters is 1. The number of carbonyl (C=O) groups is 2. The molecule has 0 atom stereocenters. The van der Waals surface area contributed by atoms with Gasteiger partial charge in [0.15, 0.2) is 6.61 Å². The second-order valence-corrected chi connectivity index (χ2v) is 3.82. The van der Waals surface area contributed by atoms with Gasteiger partial charge in [0.2, 0.25) is 5.88 Å². The van der Waals surface area contributed by atoms with Crippen molar-refractivity contribution in [3.63, 3.8) is 0 Å². The summed E-state index contributed by atoms with van der Waals surface area (Å²) in [5.41, 5.74) is 1.04. The number of hydrogen-bond acceptors (Lipinski definition) is 5. The Balaban J connectivity index is 1.82. The Labute approximate surface area is 109 Å². The first kappa shape index (κ1) is 12.8. The third kappa shape index (κ3) is 3.67. The zero-order valence-electron chi connectivity index (χ0n) is 10.3. The van der Waals surface area contributed by atoms with Crippen molar-refractivity contribution in [1.29, 1.82) is 0 Å². The van der Waals surface area contributed by atoms with E-state index in [0.717, 1.165) is 0 Å². The molecule has 0 saturated heterocycles. The number of anilines is 1. The van der Waals surface area contributed by atoms with Crippen molar-refractivity contribution in [2.45, 2.75) is 6.92 Å². The van der Waals surface area contributed by atoms with Crippen LogP contribution >= 0.6 is 0 Å². The maximum atomic E-state index is 11.6. The van der Waals surface area contributed by atoms with Gasteiger partial charge in [-0.25, -0.2) is 4.79 Å². The summed E-state index contributed by atoms with van der Waals surface area (Å²) >= 11 is 0. The third-order valence-corrected chi connectivity index (χ3v) is 2.23. The first-order valence-corrected chi connectivity index (χ1v) is 5.60. The molecule has 1 aromatic carbocycles. The zero-order chi connectivity index (χ0) is 13.7. The molecule has 0 bridgehead atoms. The lowest BCUT2D eigenvalue weighted by atomic mass is 10.2.